The molecule has 1 aromatic carbocycles. The summed E-state index contributed by atoms with van der Waals surface area (Å²) in [5.41, 5.74) is 0.686. The molecular weight excluding hydrogens is 366 g/mol. The number of rotatable bonds is 4. The van der Waals surface area contributed by atoms with Crippen molar-refractivity contribution in [1.82, 2.24) is 14.5 Å². The standard InChI is InChI=1S/C18H19F4N3O2/c1-2-14-16-15(25(17(26)27)8-7-24(16)10-23-14)6-4-11-3-5-12(13(19)9-11)18(20,21)22/h3,5,9-10,15H,2,4,6-8H2,1H3,(H,26,27). The van der Waals surface area contributed by atoms with Crippen molar-refractivity contribution < 1.29 is 27.5 Å². The lowest BCUT2D eigenvalue weighted by atomic mass is 9.97. The van der Waals surface area contributed by atoms with Gasteiger partial charge in [0.25, 0.3) is 0 Å². The SMILES string of the molecule is CCc1ncn2c1C(CCc1ccc(C(F)(F)F)c(F)c1)N(C(=O)O)CC2. The Hall–Kier alpha value is -2.58. The molecular formula is C18H19F4N3O2. The molecule has 1 N–H and O–H groups in total. The Morgan fingerprint density at radius 3 is 2.67 bits per heavy atom. The average molecular weight is 385 g/mol. The van der Waals surface area contributed by atoms with Crippen molar-refractivity contribution in [3.8, 4) is 0 Å². The highest BCUT2D eigenvalue weighted by atomic mass is 19.4. The van der Waals surface area contributed by atoms with Crippen LogP contribution < -0.4 is 0 Å². The zero-order chi connectivity index (χ0) is 19.8. The van der Waals surface area contributed by atoms with Gasteiger partial charge in [-0.05, 0) is 37.0 Å². The molecule has 1 amide bonds. The highest BCUT2D eigenvalue weighted by molar-refractivity contribution is 5.66. The summed E-state index contributed by atoms with van der Waals surface area (Å²) in [6, 6.07) is 2.36. The predicted molar refractivity (Wildman–Crippen MR) is 88.8 cm³/mol. The number of hydrogen-bond acceptors (Lipinski definition) is 2. The van der Waals surface area contributed by atoms with Crippen LogP contribution in [0.5, 0.6) is 0 Å². The largest absolute Gasteiger partial charge is 0.465 e. The van der Waals surface area contributed by atoms with E-state index in [0.29, 0.717) is 31.5 Å². The molecule has 9 heteroatoms. The molecule has 0 fully saturated rings. The van der Waals surface area contributed by atoms with Gasteiger partial charge in [-0.1, -0.05) is 13.0 Å². The van der Waals surface area contributed by atoms with Crippen LogP contribution in [-0.2, 0) is 25.6 Å². The lowest BCUT2D eigenvalue weighted by Gasteiger charge is -2.35. The van der Waals surface area contributed by atoms with Gasteiger partial charge in [0.05, 0.1) is 29.3 Å². The minimum absolute atomic E-state index is 0.248. The van der Waals surface area contributed by atoms with E-state index in [1.807, 2.05) is 11.5 Å². The van der Waals surface area contributed by atoms with Crippen molar-refractivity contribution in [2.45, 2.75) is 44.9 Å². The van der Waals surface area contributed by atoms with E-state index in [1.54, 1.807) is 6.33 Å². The van der Waals surface area contributed by atoms with Crippen molar-refractivity contribution in [3.05, 3.63) is 52.9 Å². The third kappa shape index (κ3) is 3.77. The second kappa shape index (κ2) is 7.21. The van der Waals surface area contributed by atoms with Gasteiger partial charge in [-0.2, -0.15) is 13.2 Å². The van der Waals surface area contributed by atoms with E-state index in [4.69, 9.17) is 0 Å². The number of halogens is 4. The smallest absolute Gasteiger partial charge is 0.419 e. The molecule has 1 aromatic heterocycles. The summed E-state index contributed by atoms with van der Waals surface area (Å²) in [6.45, 7) is 2.72. The number of aromatic nitrogens is 2. The van der Waals surface area contributed by atoms with Gasteiger partial charge < -0.3 is 9.67 Å². The molecule has 0 bridgehead atoms. The van der Waals surface area contributed by atoms with E-state index in [9.17, 15) is 27.5 Å². The molecule has 0 radical (unpaired) electrons. The van der Waals surface area contributed by atoms with E-state index in [2.05, 4.69) is 4.98 Å². The van der Waals surface area contributed by atoms with Crippen molar-refractivity contribution in [3.63, 3.8) is 0 Å². The van der Waals surface area contributed by atoms with Gasteiger partial charge in [0.1, 0.15) is 5.82 Å². The molecule has 1 aliphatic heterocycles. The van der Waals surface area contributed by atoms with Gasteiger partial charge in [0.2, 0.25) is 0 Å². The summed E-state index contributed by atoms with van der Waals surface area (Å²) in [5, 5.41) is 9.51. The van der Waals surface area contributed by atoms with E-state index in [-0.39, 0.29) is 6.42 Å². The summed E-state index contributed by atoms with van der Waals surface area (Å²) in [5.74, 6) is -1.32. The molecule has 2 aromatic rings. The van der Waals surface area contributed by atoms with E-state index >= 15 is 0 Å². The first kappa shape index (κ1) is 19.2. The molecule has 3 rings (SSSR count). The third-order valence-corrected chi connectivity index (χ3v) is 4.86. The Balaban J connectivity index is 1.84. The van der Waals surface area contributed by atoms with Crippen LogP contribution in [0.15, 0.2) is 24.5 Å². The van der Waals surface area contributed by atoms with Crippen LogP contribution in [0.2, 0.25) is 0 Å². The summed E-state index contributed by atoms with van der Waals surface area (Å²) >= 11 is 0. The van der Waals surface area contributed by atoms with Gasteiger partial charge >= 0.3 is 12.3 Å². The number of nitrogens with zero attached hydrogens (tertiary/aromatic N) is 3. The predicted octanol–water partition coefficient (Wildman–Crippen LogP) is 4.27. The van der Waals surface area contributed by atoms with Gasteiger partial charge in [0, 0.05) is 13.1 Å². The molecule has 27 heavy (non-hydrogen) atoms. The zero-order valence-corrected chi connectivity index (χ0v) is 14.6. The summed E-state index contributed by atoms with van der Waals surface area (Å²) < 4.78 is 53.8. The molecule has 1 atom stereocenters. The molecule has 0 saturated carbocycles. The first-order valence-electron chi connectivity index (χ1n) is 8.61. The number of hydrogen-bond donors (Lipinski definition) is 1. The van der Waals surface area contributed by atoms with E-state index in [1.165, 1.54) is 11.0 Å². The number of carbonyl (C=O) groups is 1. The molecule has 2 heterocycles. The molecule has 5 nitrogen and oxygen atoms in total. The fourth-order valence-corrected chi connectivity index (χ4v) is 3.56. The maximum atomic E-state index is 13.8. The fourth-order valence-electron chi connectivity index (χ4n) is 3.56. The van der Waals surface area contributed by atoms with Crippen LogP contribution in [0.1, 0.15) is 41.9 Å². The second-order valence-corrected chi connectivity index (χ2v) is 6.47. The fraction of sp³-hybridized carbons (Fsp3) is 0.444. The maximum absolute atomic E-state index is 13.8. The summed E-state index contributed by atoms with van der Waals surface area (Å²) in [7, 11) is 0. The molecule has 0 aliphatic carbocycles. The topological polar surface area (TPSA) is 58.4 Å². The molecule has 0 saturated heterocycles. The first-order chi connectivity index (χ1) is 12.7. The molecule has 0 spiro atoms. The van der Waals surface area contributed by atoms with Gasteiger partial charge in [-0.3, -0.25) is 4.90 Å². The minimum Gasteiger partial charge on any atom is -0.465 e. The Morgan fingerprint density at radius 2 is 2.07 bits per heavy atom. The Bertz CT molecular complexity index is 834. The van der Waals surface area contributed by atoms with Crippen molar-refractivity contribution >= 4 is 6.09 Å². The zero-order valence-electron chi connectivity index (χ0n) is 14.6. The number of benzene rings is 1. The number of imidazole rings is 1. The highest BCUT2D eigenvalue weighted by Gasteiger charge is 2.35. The second-order valence-electron chi connectivity index (χ2n) is 6.47. The quantitative estimate of drug-likeness (QED) is 0.800. The average Bonchev–Trinajstić information content (AvgIpc) is 3.01. The van der Waals surface area contributed by atoms with Crippen LogP contribution in [-0.4, -0.2) is 32.2 Å². The van der Waals surface area contributed by atoms with Gasteiger partial charge in [0.15, 0.2) is 0 Å². The van der Waals surface area contributed by atoms with Gasteiger partial charge in [-0.25, -0.2) is 14.2 Å². The first-order valence-corrected chi connectivity index (χ1v) is 8.61. The number of carboxylic acid groups (broad SMARTS) is 1. The normalized spacial score (nSPS) is 17.1. The molecule has 146 valence electrons. The number of alkyl halides is 3. The van der Waals surface area contributed by atoms with Crippen LogP contribution in [0.25, 0.3) is 0 Å². The Kier molecular flexibility index (Phi) is 5.12. The minimum atomic E-state index is -4.74. The monoisotopic (exact) mass is 385 g/mol. The van der Waals surface area contributed by atoms with Crippen molar-refractivity contribution in [2.24, 2.45) is 0 Å². The van der Waals surface area contributed by atoms with Crippen LogP contribution in [0.3, 0.4) is 0 Å². The van der Waals surface area contributed by atoms with E-state index in [0.717, 1.165) is 23.5 Å². The van der Waals surface area contributed by atoms with Crippen molar-refractivity contribution in [2.75, 3.05) is 6.54 Å². The van der Waals surface area contributed by atoms with Crippen LogP contribution >= 0.6 is 0 Å². The summed E-state index contributed by atoms with van der Waals surface area (Å²) in [6.07, 6.45) is -2.91. The number of amides is 1. The van der Waals surface area contributed by atoms with Gasteiger partial charge in [-0.15, -0.1) is 0 Å². The highest BCUT2D eigenvalue weighted by Crippen LogP contribution is 2.34. The van der Waals surface area contributed by atoms with Crippen LogP contribution in [0, 0.1) is 5.82 Å². The Labute approximate surface area is 153 Å². The third-order valence-electron chi connectivity index (χ3n) is 4.86. The molecule has 1 unspecified atom stereocenters. The van der Waals surface area contributed by atoms with E-state index < -0.39 is 29.7 Å². The maximum Gasteiger partial charge on any atom is 0.419 e. The van der Waals surface area contributed by atoms with Crippen LogP contribution in [0.4, 0.5) is 22.4 Å². The number of fused-ring (bicyclic) bond motifs is 1. The lowest BCUT2D eigenvalue weighted by molar-refractivity contribution is -0.140. The molecule has 1 aliphatic rings. The number of aryl methyl sites for hydroxylation is 2. The summed E-state index contributed by atoms with van der Waals surface area (Å²) in [4.78, 5) is 17.3. The lowest BCUT2D eigenvalue weighted by Crippen LogP contribution is -2.41. The Morgan fingerprint density at radius 1 is 1.33 bits per heavy atom. The van der Waals surface area contributed by atoms with Crippen molar-refractivity contribution in [1.29, 1.82) is 0 Å².